The Bertz CT molecular complexity index is 415. The van der Waals surface area contributed by atoms with Crippen LogP contribution in [0.1, 0.15) is 56.2 Å². The highest BCUT2D eigenvalue weighted by Gasteiger charge is 2.35. The van der Waals surface area contributed by atoms with Gasteiger partial charge in [-0.05, 0) is 61.6 Å². The molecule has 19 heavy (non-hydrogen) atoms. The van der Waals surface area contributed by atoms with Crippen molar-refractivity contribution >= 4 is 0 Å². The summed E-state index contributed by atoms with van der Waals surface area (Å²) in [7, 11) is 0. The Morgan fingerprint density at radius 2 is 1.89 bits per heavy atom. The first-order valence-electron chi connectivity index (χ1n) is 7.69. The van der Waals surface area contributed by atoms with Gasteiger partial charge in [0.25, 0.3) is 0 Å². The van der Waals surface area contributed by atoms with Gasteiger partial charge in [-0.15, -0.1) is 0 Å². The van der Waals surface area contributed by atoms with Crippen molar-refractivity contribution in [3.8, 4) is 0 Å². The number of aryl methyl sites for hydroxylation is 2. The van der Waals surface area contributed by atoms with Gasteiger partial charge in [0.15, 0.2) is 0 Å². The van der Waals surface area contributed by atoms with E-state index in [4.69, 9.17) is 0 Å². The van der Waals surface area contributed by atoms with Crippen LogP contribution in [-0.2, 0) is 6.42 Å². The quantitative estimate of drug-likeness (QED) is 0.852. The van der Waals surface area contributed by atoms with Crippen molar-refractivity contribution in [2.75, 3.05) is 0 Å². The number of hydrogen-bond acceptors (Lipinski definition) is 1. The zero-order valence-electron chi connectivity index (χ0n) is 12.9. The van der Waals surface area contributed by atoms with Crippen LogP contribution in [0.4, 0.5) is 0 Å². The van der Waals surface area contributed by atoms with Gasteiger partial charge in [0, 0.05) is 6.42 Å². The van der Waals surface area contributed by atoms with Crippen LogP contribution in [-0.4, -0.2) is 10.7 Å². The molecular formula is C18H28O. The van der Waals surface area contributed by atoms with Crippen LogP contribution in [0.3, 0.4) is 0 Å². The summed E-state index contributed by atoms with van der Waals surface area (Å²) in [6.45, 7) is 8.90. The number of benzene rings is 1. The van der Waals surface area contributed by atoms with Gasteiger partial charge in [-0.25, -0.2) is 0 Å². The topological polar surface area (TPSA) is 20.2 Å². The minimum Gasteiger partial charge on any atom is -0.390 e. The summed E-state index contributed by atoms with van der Waals surface area (Å²) >= 11 is 0. The van der Waals surface area contributed by atoms with E-state index in [1.165, 1.54) is 29.5 Å². The summed E-state index contributed by atoms with van der Waals surface area (Å²) in [4.78, 5) is 0. The minimum atomic E-state index is -0.482. The van der Waals surface area contributed by atoms with E-state index in [1.807, 2.05) is 0 Å². The Labute approximate surface area is 118 Å². The molecule has 1 aromatic carbocycles. The number of hydrogen-bond donors (Lipinski definition) is 1. The van der Waals surface area contributed by atoms with E-state index in [0.29, 0.717) is 11.8 Å². The number of aliphatic hydroxyl groups is 1. The van der Waals surface area contributed by atoms with Gasteiger partial charge >= 0.3 is 0 Å². The molecule has 1 aliphatic rings. The third-order valence-electron chi connectivity index (χ3n) is 4.95. The molecule has 0 aliphatic heterocycles. The highest BCUT2D eigenvalue weighted by Crippen LogP contribution is 2.39. The van der Waals surface area contributed by atoms with Gasteiger partial charge in [0.1, 0.15) is 0 Å². The lowest BCUT2D eigenvalue weighted by molar-refractivity contribution is -0.0241. The Hall–Kier alpha value is -0.820. The standard InChI is InChI=1S/C18H28O/c1-13(2)16-9-6-10-18(19,11-16)12-17-14(3)7-5-8-15(17)4/h5,7-8,13,16,19H,6,9-12H2,1-4H3. The van der Waals surface area contributed by atoms with Gasteiger partial charge in [-0.1, -0.05) is 38.5 Å². The van der Waals surface area contributed by atoms with Gasteiger partial charge in [0.05, 0.1) is 5.60 Å². The molecule has 0 heterocycles. The van der Waals surface area contributed by atoms with Crippen LogP contribution in [0.2, 0.25) is 0 Å². The average Bonchev–Trinajstić information content (AvgIpc) is 2.34. The van der Waals surface area contributed by atoms with E-state index in [9.17, 15) is 5.11 Å². The van der Waals surface area contributed by atoms with Crippen molar-refractivity contribution in [2.45, 2.75) is 65.4 Å². The van der Waals surface area contributed by atoms with Crippen LogP contribution >= 0.6 is 0 Å². The van der Waals surface area contributed by atoms with Crippen LogP contribution in [0, 0.1) is 25.7 Å². The van der Waals surface area contributed by atoms with Crippen LogP contribution < -0.4 is 0 Å². The molecule has 0 bridgehead atoms. The first-order valence-corrected chi connectivity index (χ1v) is 7.69. The molecule has 0 radical (unpaired) electrons. The number of rotatable bonds is 3. The smallest absolute Gasteiger partial charge is 0.0690 e. The molecule has 1 N–H and O–H groups in total. The first kappa shape index (κ1) is 14.6. The largest absolute Gasteiger partial charge is 0.390 e. The van der Waals surface area contributed by atoms with Gasteiger partial charge < -0.3 is 5.11 Å². The van der Waals surface area contributed by atoms with E-state index in [0.717, 1.165) is 19.3 Å². The Morgan fingerprint density at radius 3 is 2.47 bits per heavy atom. The summed E-state index contributed by atoms with van der Waals surface area (Å²) in [5.74, 6) is 1.37. The normalized spacial score (nSPS) is 27.8. The minimum absolute atomic E-state index is 0.482. The van der Waals surface area contributed by atoms with E-state index in [-0.39, 0.29) is 0 Å². The maximum absolute atomic E-state index is 11.0. The second kappa shape index (κ2) is 5.66. The van der Waals surface area contributed by atoms with E-state index < -0.39 is 5.60 Å². The second-order valence-electron chi connectivity index (χ2n) is 6.87. The van der Waals surface area contributed by atoms with Crippen molar-refractivity contribution in [3.63, 3.8) is 0 Å². The van der Waals surface area contributed by atoms with Crippen molar-refractivity contribution in [3.05, 3.63) is 34.9 Å². The second-order valence-corrected chi connectivity index (χ2v) is 6.87. The summed E-state index contributed by atoms with van der Waals surface area (Å²) in [5.41, 5.74) is 3.51. The molecule has 0 amide bonds. The van der Waals surface area contributed by atoms with E-state index in [2.05, 4.69) is 45.9 Å². The molecular weight excluding hydrogens is 232 g/mol. The Morgan fingerprint density at radius 1 is 1.26 bits per heavy atom. The van der Waals surface area contributed by atoms with E-state index >= 15 is 0 Å². The molecule has 1 aromatic rings. The SMILES string of the molecule is Cc1cccc(C)c1CC1(O)CCCC(C(C)C)C1. The molecule has 0 spiro atoms. The summed E-state index contributed by atoms with van der Waals surface area (Å²) in [6.07, 6.45) is 5.22. The van der Waals surface area contributed by atoms with Gasteiger partial charge in [-0.2, -0.15) is 0 Å². The molecule has 0 saturated heterocycles. The van der Waals surface area contributed by atoms with E-state index in [1.54, 1.807) is 0 Å². The lowest BCUT2D eigenvalue weighted by Gasteiger charge is -2.39. The fourth-order valence-electron chi connectivity index (χ4n) is 3.57. The van der Waals surface area contributed by atoms with Crippen molar-refractivity contribution < 1.29 is 5.11 Å². The molecule has 2 unspecified atom stereocenters. The zero-order valence-corrected chi connectivity index (χ0v) is 12.9. The summed E-state index contributed by atoms with van der Waals surface area (Å²) in [6, 6.07) is 6.43. The van der Waals surface area contributed by atoms with Crippen molar-refractivity contribution in [2.24, 2.45) is 11.8 Å². The summed E-state index contributed by atoms with van der Waals surface area (Å²) < 4.78 is 0. The van der Waals surface area contributed by atoms with Crippen LogP contribution in [0.25, 0.3) is 0 Å². The monoisotopic (exact) mass is 260 g/mol. The molecule has 106 valence electrons. The first-order chi connectivity index (χ1) is 8.91. The highest BCUT2D eigenvalue weighted by atomic mass is 16.3. The molecule has 1 saturated carbocycles. The Kier molecular flexibility index (Phi) is 4.35. The van der Waals surface area contributed by atoms with Crippen molar-refractivity contribution in [1.82, 2.24) is 0 Å². The predicted octanol–water partition coefficient (Wildman–Crippen LogP) is 4.42. The third-order valence-corrected chi connectivity index (χ3v) is 4.95. The van der Waals surface area contributed by atoms with Crippen LogP contribution in [0.15, 0.2) is 18.2 Å². The van der Waals surface area contributed by atoms with Gasteiger partial charge in [-0.3, -0.25) is 0 Å². The maximum Gasteiger partial charge on any atom is 0.0690 e. The lowest BCUT2D eigenvalue weighted by atomic mass is 9.71. The molecule has 2 atom stereocenters. The molecule has 2 rings (SSSR count). The van der Waals surface area contributed by atoms with Crippen LogP contribution in [0.5, 0.6) is 0 Å². The fourth-order valence-corrected chi connectivity index (χ4v) is 3.57. The molecule has 1 heteroatoms. The predicted molar refractivity (Wildman–Crippen MR) is 81.4 cm³/mol. The lowest BCUT2D eigenvalue weighted by Crippen LogP contribution is -2.39. The molecule has 1 aliphatic carbocycles. The maximum atomic E-state index is 11.0. The molecule has 0 aromatic heterocycles. The summed E-state index contributed by atoms with van der Waals surface area (Å²) in [5, 5.41) is 11.0. The van der Waals surface area contributed by atoms with Gasteiger partial charge in [0.2, 0.25) is 0 Å². The third kappa shape index (κ3) is 3.39. The molecule has 1 nitrogen and oxygen atoms in total. The zero-order chi connectivity index (χ0) is 14.0. The average molecular weight is 260 g/mol. The molecule has 1 fully saturated rings. The fraction of sp³-hybridized carbons (Fsp3) is 0.667. The van der Waals surface area contributed by atoms with Crippen molar-refractivity contribution in [1.29, 1.82) is 0 Å². The Balaban J connectivity index is 2.17. The highest BCUT2D eigenvalue weighted by molar-refractivity contribution is 5.34.